The minimum absolute atomic E-state index is 0.418. The lowest BCUT2D eigenvalue weighted by Crippen LogP contribution is -2.45. The van der Waals surface area contributed by atoms with Gasteiger partial charge in [-0.05, 0) is 43.1 Å². The molecule has 1 aromatic carbocycles. The summed E-state index contributed by atoms with van der Waals surface area (Å²) in [5, 5.41) is 11.7. The summed E-state index contributed by atoms with van der Waals surface area (Å²) in [5.74, 6) is 2.34. The Morgan fingerprint density at radius 3 is 2.69 bits per heavy atom. The Morgan fingerprint density at radius 2 is 1.91 bits per heavy atom. The molecule has 4 heterocycles. The fourth-order valence-electron chi connectivity index (χ4n) is 3.28. The first-order valence-corrected chi connectivity index (χ1v) is 11.3. The van der Waals surface area contributed by atoms with Crippen molar-refractivity contribution in [1.29, 1.82) is 0 Å². The van der Waals surface area contributed by atoms with Crippen LogP contribution >= 0.6 is 23.4 Å². The van der Waals surface area contributed by atoms with E-state index in [9.17, 15) is 0 Å². The molecule has 32 heavy (non-hydrogen) atoms. The number of piperazine rings is 1. The molecule has 1 fully saturated rings. The normalized spacial score (nSPS) is 14.6. The van der Waals surface area contributed by atoms with Gasteiger partial charge in [0.15, 0.2) is 16.7 Å². The zero-order valence-electron chi connectivity index (χ0n) is 17.3. The third-order valence-corrected chi connectivity index (χ3v) is 6.41. The van der Waals surface area contributed by atoms with E-state index >= 15 is 0 Å². The number of halogens is 1. The van der Waals surface area contributed by atoms with Crippen molar-refractivity contribution in [3.8, 4) is 11.5 Å². The van der Waals surface area contributed by atoms with Gasteiger partial charge < -0.3 is 19.5 Å². The Morgan fingerprint density at radius 1 is 1.06 bits per heavy atom. The van der Waals surface area contributed by atoms with Gasteiger partial charge in [0.2, 0.25) is 11.9 Å². The van der Waals surface area contributed by atoms with Gasteiger partial charge in [-0.25, -0.2) is 0 Å². The van der Waals surface area contributed by atoms with Crippen molar-refractivity contribution in [3.63, 3.8) is 0 Å². The van der Waals surface area contributed by atoms with Crippen LogP contribution in [-0.2, 0) is 0 Å². The highest BCUT2D eigenvalue weighted by Crippen LogP contribution is 2.32. The largest absolute Gasteiger partial charge is 0.463 e. The lowest BCUT2D eigenvalue weighted by atomic mass is 10.3. The molecule has 0 spiro atoms. The average molecular weight is 469 g/mol. The summed E-state index contributed by atoms with van der Waals surface area (Å²) in [6.45, 7) is 3.60. The first-order valence-electron chi connectivity index (χ1n) is 10.1. The van der Waals surface area contributed by atoms with E-state index < -0.39 is 0 Å². The molecule has 1 aliphatic heterocycles. The number of furan rings is 1. The first kappa shape index (κ1) is 20.8. The molecule has 11 heteroatoms. The third kappa shape index (κ3) is 4.72. The molecule has 0 unspecified atom stereocenters. The molecular formula is C21H21ClN8OS. The smallest absolute Gasteiger partial charge is 0.234 e. The topological polar surface area (TPSA) is 99.0 Å². The molecule has 0 saturated carbocycles. The van der Waals surface area contributed by atoms with Crippen LogP contribution < -0.4 is 10.2 Å². The molecule has 0 bridgehead atoms. The summed E-state index contributed by atoms with van der Waals surface area (Å²) in [6, 6.07) is 13.2. The fraction of sp³-hybridized carbons (Fsp3) is 0.238. The summed E-state index contributed by atoms with van der Waals surface area (Å²) in [4.78, 5) is 19.3. The molecule has 4 aromatic rings. The number of nitrogens with zero attached hydrogens (tertiary/aromatic N) is 6. The van der Waals surface area contributed by atoms with Gasteiger partial charge in [-0.2, -0.15) is 20.1 Å². The number of hydrogen-bond donors (Lipinski definition) is 2. The highest BCUT2D eigenvalue weighted by atomic mass is 35.5. The van der Waals surface area contributed by atoms with E-state index in [1.165, 1.54) is 11.8 Å². The van der Waals surface area contributed by atoms with Crippen LogP contribution in [0.4, 0.5) is 17.7 Å². The Balaban J connectivity index is 1.44. The minimum Gasteiger partial charge on any atom is -0.463 e. The van der Waals surface area contributed by atoms with Crippen molar-refractivity contribution in [3.05, 3.63) is 53.8 Å². The SMILES string of the molecule is CN1CCN(c2nc(Nc3cc(-c4ccco4)[nH]n3)nc(Sc3ccccc3Cl)n2)CC1. The Bertz CT molecular complexity index is 1190. The minimum atomic E-state index is 0.418. The van der Waals surface area contributed by atoms with Crippen molar-refractivity contribution in [2.45, 2.75) is 10.1 Å². The maximum Gasteiger partial charge on any atom is 0.234 e. The summed E-state index contributed by atoms with van der Waals surface area (Å²) >= 11 is 7.76. The number of anilines is 3. The van der Waals surface area contributed by atoms with Crippen molar-refractivity contribution in [2.75, 3.05) is 43.4 Å². The van der Waals surface area contributed by atoms with Gasteiger partial charge in [0.05, 0.1) is 11.3 Å². The second kappa shape index (κ2) is 9.19. The summed E-state index contributed by atoms with van der Waals surface area (Å²) in [7, 11) is 2.12. The van der Waals surface area contributed by atoms with Gasteiger partial charge in [0, 0.05) is 37.1 Å². The number of likely N-dealkylation sites (N-methyl/N-ethyl adjacent to an activating group) is 1. The zero-order chi connectivity index (χ0) is 21.9. The predicted octanol–water partition coefficient (Wildman–Crippen LogP) is 4.15. The molecule has 5 rings (SSSR count). The van der Waals surface area contributed by atoms with E-state index in [1.807, 2.05) is 42.5 Å². The molecule has 0 aliphatic carbocycles. The van der Waals surface area contributed by atoms with Crippen LogP contribution in [0.3, 0.4) is 0 Å². The van der Waals surface area contributed by atoms with Crippen LogP contribution in [-0.4, -0.2) is 63.3 Å². The number of H-pyrrole nitrogens is 1. The maximum absolute atomic E-state index is 6.35. The van der Waals surface area contributed by atoms with Crippen LogP contribution in [0.1, 0.15) is 0 Å². The van der Waals surface area contributed by atoms with E-state index in [2.05, 4.69) is 42.3 Å². The molecule has 2 N–H and O–H groups in total. The van der Waals surface area contributed by atoms with Crippen LogP contribution in [0.5, 0.6) is 0 Å². The summed E-state index contributed by atoms with van der Waals surface area (Å²) < 4.78 is 5.42. The lowest BCUT2D eigenvalue weighted by Gasteiger charge is -2.32. The summed E-state index contributed by atoms with van der Waals surface area (Å²) in [5.41, 5.74) is 0.761. The highest BCUT2D eigenvalue weighted by molar-refractivity contribution is 7.99. The zero-order valence-corrected chi connectivity index (χ0v) is 18.9. The summed E-state index contributed by atoms with van der Waals surface area (Å²) in [6.07, 6.45) is 1.62. The van der Waals surface area contributed by atoms with Crippen molar-refractivity contribution < 1.29 is 4.42 Å². The number of aromatic amines is 1. The van der Waals surface area contributed by atoms with Crippen LogP contribution in [0.2, 0.25) is 5.02 Å². The van der Waals surface area contributed by atoms with Gasteiger partial charge in [0.25, 0.3) is 0 Å². The van der Waals surface area contributed by atoms with Gasteiger partial charge in [-0.15, -0.1) is 0 Å². The van der Waals surface area contributed by atoms with Crippen LogP contribution in [0.15, 0.2) is 63.2 Å². The van der Waals surface area contributed by atoms with E-state index in [0.29, 0.717) is 33.7 Å². The van der Waals surface area contributed by atoms with Gasteiger partial charge in [-0.3, -0.25) is 5.10 Å². The number of rotatable bonds is 6. The lowest BCUT2D eigenvalue weighted by molar-refractivity contribution is 0.311. The molecule has 1 aliphatic rings. The van der Waals surface area contributed by atoms with Crippen molar-refractivity contribution in [2.24, 2.45) is 0 Å². The quantitative estimate of drug-likeness (QED) is 0.432. The molecule has 0 atom stereocenters. The van der Waals surface area contributed by atoms with E-state index in [-0.39, 0.29) is 0 Å². The Labute approximate surface area is 194 Å². The van der Waals surface area contributed by atoms with Crippen molar-refractivity contribution in [1.82, 2.24) is 30.0 Å². The van der Waals surface area contributed by atoms with Gasteiger partial charge >= 0.3 is 0 Å². The number of hydrogen-bond acceptors (Lipinski definition) is 9. The molecule has 3 aromatic heterocycles. The highest BCUT2D eigenvalue weighted by Gasteiger charge is 2.20. The van der Waals surface area contributed by atoms with Gasteiger partial charge in [0.1, 0.15) is 5.69 Å². The molecule has 9 nitrogen and oxygen atoms in total. The fourth-order valence-corrected chi connectivity index (χ4v) is 4.30. The molecule has 0 amide bonds. The molecule has 164 valence electrons. The predicted molar refractivity (Wildman–Crippen MR) is 125 cm³/mol. The number of nitrogens with one attached hydrogen (secondary N) is 2. The maximum atomic E-state index is 6.35. The van der Waals surface area contributed by atoms with Crippen molar-refractivity contribution >= 4 is 41.1 Å². The number of benzene rings is 1. The van der Waals surface area contributed by atoms with Gasteiger partial charge in [-0.1, -0.05) is 23.7 Å². The second-order valence-corrected chi connectivity index (χ2v) is 8.75. The van der Waals surface area contributed by atoms with Crippen LogP contribution in [0.25, 0.3) is 11.5 Å². The molecule has 1 saturated heterocycles. The first-order chi connectivity index (χ1) is 15.6. The second-order valence-electron chi connectivity index (χ2n) is 7.33. The molecule has 0 radical (unpaired) electrons. The van der Waals surface area contributed by atoms with E-state index in [0.717, 1.165) is 36.8 Å². The third-order valence-electron chi connectivity index (χ3n) is 5.03. The Kier molecular flexibility index (Phi) is 5.97. The Hall–Kier alpha value is -3.08. The van der Waals surface area contributed by atoms with E-state index in [1.54, 1.807) is 6.26 Å². The standard InChI is InChI=1S/C21H21ClN8OS/c1-29-8-10-30(11-9-29)20-24-19(23-18-13-15(27-28-18)16-6-4-12-31-16)25-21(26-20)32-17-7-3-2-5-14(17)22/h2-7,12-13H,8-11H2,1H3,(H2,23,24,25,26,27,28). The van der Waals surface area contributed by atoms with Crippen LogP contribution in [0, 0.1) is 0 Å². The number of aromatic nitrogens is 5. The molecular weight excluding hydrogens is 448 g/mol. The van der Waals surface area contributed by atoms with E-state index in [4.69, 9.17) is 21.0 Å². The monoisotopic (exact) mass is 468 g/mol. The average Bonchev–Trinajstić information content (AvgIpc) is 3.48.